The van der Waals surface area contributed by atoms with E-state index in [1.165, 1.54) is 0 Å². The van der Waals surface area contributed by atoms with Crippen LogP contribution in [-0.2, 0) is 6.54 Å². The Hall–Kier alpha value is -2.14. The summed E-state index contributed by atoms with van der Waals surface area (Å²) in [6.45, 7) is 10.6. The predicted octanol–water partition coefficient (Wildman–Crippen LogP) is 2.69. The van der Waals surface area contributed by atoms with Crippen molar-refractivity contribution in [3.8, 4) is 0 Å². The molecule has 5 nitrogen and oxygen atoms in total. The number of nitrogens with one attached hydrogen (secondary N) is 1. The van der Waals surface area contributed by atoms with Gasteiger partial charge >= 0.3 is 0 Å². The lowest BCUT2D eigenvalue weighted by Crippen LogP contribution is -2.39. The summed E-state index contributed by atoms with van der Waals surface area (Å²) in [6, 6.07) is 7.70. The van der Waals surface area contributed by atoms with E-state index in [2.05, 4.69) is 14.9 Å². The second kappa shape index (κ2) is 7.18. The summed E-state index contributed by atoms with van der Waals surface area (Å²) in [5, 5.41) is 12.9. The second-order valence-corrected chi connectivity index (χ2v) is 7.28. The molecule has 0 aliphatic rings. The zero-order valence-electron chi connectivity index (χ0n) is 15.1. The first-order valence-corrected chi connectivity index (χ1v) is 8.23. The number of aryl methyl sites for hydroxylation is 1. The minimum absolute atomic E-state index is 0.154. The average molecular weight is 329 g/mol. The maximum atomic E-state index is 12.5. The summed E-state index contributed by atoms with van der Waals surface area (Å²) >= 11 is 0. The van der Waals surface area contributed by atoms with Crippen LogP contribution in [0.25, 0.3) is 0 Å². The fraction of sp³-hybridized carbons (Fsp3) is 0.474. The van der Waals surface area contributed by atoms with Gasteiger partial charge in [-0.25, -0.2) is 0 Å². The normalized spacial score (nSPS) is 12.9. The maximum absolute atomic E-state index is 12.5. The van der Waals surface area contributed by atoms with Gasteiger partial charge in [0.05, 0.1) is 23.9 Å². The highest BCUT2D eigenvalue weighted by Crippen LogP contribution is 2.19. The molecule has 1 atom stereocenters. The zero-order valence-corrected chi connectivity index (χ0v) is 15.1. The lowest BCUT2D eigenvalue weighted by molar-refractivity contribution is 0.0586. The highest BCUT2D eigenvalue weighted by molar-refractivity contribution is 5.95. The molecule has 2 aromatic heterocycles. The molecule has 0 aliphatic carbocycles. The van der Waals surface area contributed by atoms with Crippen LogP contribution in [0, 0.1) is 19.3 Å². The first-order valence-electron chi connectivity index (χ1n) is 8.23. The number of pyridine rings is 1. The smallest absolute Gasteiger partial charge is 0.253 e. The standard InChI is InChI=1S/C19H27N3O2/c1-13-10-16(18(24)21-11-17(23)19(3,4)5)14(2)22(13)12-15-8-6-7-9-20-15/h6-10,17,23H,11-12H2,1-5H3,(H,21,24). The van der Waals surface area contributed by atoms with Crippen molar-refractivity contribution in [1.82, 2.24) is 14.9 Å². The Morgan fingerprint density at radius 2 is 2.04 bits per heavy atom. The Kier molecular flexibility index (Phi) is 5.44. The molecule has 2 aromatic rings. The van der Waals surface area contributed by atoms with Crippen LogP contribution in [-0.4, -0.2) is 33.2 Å². The molecule has 2 heterocycles. The molecule has 0 saturated heterocycles. The van der Waals surface area contributed by atoms with Gasteiger partial charge < -0.3 is 15.0 Å². The van der Waals surface area contributed by atoms with Crippen molar-refractivity contribution in [2.45, 2.75) is 47.3 Å². The van der Waals surface area contributed by atoms with Crippen LogP contribution < -0.4 is 5.32 Å². The zero-order chi connectivity index (χ0) is 17.9. The van der Waals surface area contributed by atoms with E-state index in [4.69, 9.17) is 0 Å². The lowest BCUT2D eigenvalue weighted by atomic mass is 9.89. The summed E-state index contributed by atoms with van der Waals surface area (Å²) in [4.78, 5) is 16.8. The van der Waals surface area contributed by atoms with Crippen LogP contribution in [0.4, 0.5) is 0 Å². The number of rotatable bonds is 5. The number of aliphatic hydroxyl groups is 1. The van der Waals surface area contributed by atoms with Gasteiger partial charge in [0.1, 0.15) is 0 Å². The molecular weight excluding hydrogens is 302 g/mol. The first-order chi connectivity index (χ1) is 11.2. The molecule has 0 radical (unpaired) electrons. The van der Waals surface area contributed by atoms with Crippen LogP contribution in [0.5, 0.6) is 0 Å². The third-order valence-corrected chi connectivity index (χ3v) is 4.32. The third kappa shape index (κ3) is 4.23. The molecule has 130 valence electrons. The number of amides is 1. The summed E-state index contributed by atoms with van der Waals surface area (Å²) in [7, 11) is 0. The third-order valence-electron chi connectivity index (χ3n) is 4.32. The summed E-state index contributed by atoms with van der Waals surface area (Å²) in [5.74, 6) is -0.154. The molecule has 0 aromatic carbocycles. The SMILES string of the molecule is Cc1cc(C(=O)NCC(O)C(C)(C)C)c(C)n1Cc1ccccn1. The minimum atomic E-state index is -0.585. The van der Waals surface area contributed by atoms with Crippen LogP contribution >= 0.6 is 0 Å². The fourth-order valence-electron chi connectivity index (χ4n) is 2.52. The molecule has 0 fully saturated rings. The summed E-state index contributed by atoms with van der Waals surface area (Å²) in [5.41, 5.74) is 3.25. The Bertz CT molecular complexity index is 699. The van der Waals surface area contributed by atoms with E-state index in [1.54, 1.807) is 6.20 Å². The summed E-state index contributed by atoms with van der Waals surface area (Å²) < 4.78 is 2.08. The van der Waals surface area contributed by atoms with Gasteiger partial charge in [-0.1, -0.05) is 26.8 Å². The van der Waals surface area contributed by atoms with Crippen LogP contribution in [0.1, 0.15) is 48.2 Å². The number of nitrogens with zero attached hydrogens (tertiary/aromatic N) is 2. The van der Waals surface area contributed by atoms with E-state index in [0.29, 0.717) is 12.1 Å². The van der Waals surface area contributed by atoms with Crippen LogP contribution in [0.2, 0.25) is 0 Å². The van der Waals surface area contributed by atoms with Crippen molar-refractivity contribution in [1.29, 1.82) is 0 Å². The monoisotopic (exact) mass is 329 g/mol. The van der Waals surface area contributed by atoms with E-state index in [-0.39, 0.29) is 17.9 Å². The van der Waals surface area contributed by atoms with Crippen LogP contribution in [0.3, 0.4) is 0 Å². The average Bonchev–Trinajstić information content (AvgIpc) is 2.80. The van der Waals surface area contributed by atoms with E-state index < -0.39 is 6.10 Å². The van der Waals surface area contributed by atoms with Gasteiger partial charge in [0, 0.05) is 24.1 Å². The Morgan fingerprint density at radius 3 is 2.62 bits per heavy atom. The van der Waals surface area contributed by atoms with Gasteiger partial charge in [-0.3, -0.25) is 9.78 Å². The number of hydrogen-bond acceptors (Lipinski definition) is 3. The maximum Gasteiger partial charge on any atom is 0.253 e. The lowest BCUT2D eigenvalue weighted by Gasteiger charge is -2.25. The fourth-order valence-corrected chi connectivity index (χ4v) is 2.52. The van der Waals surface area contributed by atoms with Crippen LogP contribution in [0.15, 0.2) is 30.5 Å². The van der Waals surface area contributed by atoms with E-state index in [0.717, 1.165) is 17.1 Å². The van der Waals surface area contributed by atoms with Crippen molar-refractivity contribution < 1.29 is 9.90 Å². The number of aromatic nitrogens is 2. The number of carbonyl (C=O) groups excluding carboxylic acids is 1. The quantitative estimate of drug-likeness (QED) is 0.886. The Labute approximate surface area is 143 Å². The van der Waals surface area contributed by atoms with Crippen molar-refractivity contribution in [3.05, 3.63) is 53.1 Å². The molecule has 1 unspecified atom stereocenters. The molecule has 0 saturated carbocycles. The molecule has 2 rings (SSSR count). The largest absolute Gasteiger partial charge is 0.391 e. The van der Waals surface area contributed by atoms with Crippen molar-refractivity contribution in [2.24, 2.45) is 5.41 Å². The highest BCUT2D eigenvalue weighted by Gasteiger charge is 2.23. The number of aliphatic hydroxyl groups excluding tert-OH is 1. The van der Waals surface area contributed by atoms with E-state index >= 15 is 0 Å². The predicted molar refractivity (Wildman–Crippen MR) is 95.0 cm³/mol. The molecule has 5 heteroatoms. The molecule has 2 N–H and O–H groups in total. The van der Waals surface area contributed by atoms with Crippen molar-refractivity contribution in [3.63, 3.8) is 0 Å². The number of hydrogen-bond donors (Lipinski definition) is 2. The van der Waals surface area contributed by atoms with Crippen molar-refractivity contribution >= 4 is 5.91 Å². The molecule has 0 aliphatic heterocycles. The Morgan fingerprint density at radius 1 is 1.33 bits per heavy atom. The van der Waals surface area contributed by atoms with Gasteiger partial charge in [-0.15, -0.1) is 0 Å². The molecule has 24 heavy (non-hydrogen) atoms. The van der Waals surface area contributed by atoms with Gasteiger partial charge in [0.15, 0.2) is 0 Å². The summed E-state index contributed by atoms with van der Waals surface area (Å²) in [6.07, 6.45) is 1.18. The Balaban J connectivity index is 2.12. The highest BCUT2D eigenvalue weighted by atomic mass is 16.3. The van der Waals surface area contributed by atoms with E-state index in [9.17, 15) is 9.90 Å². The van der Waals surface area contributed by atoms with Gasteiger partial charge in [0.2, 0.25) is 0 Å². The molecule has 1 amide bonds. The molecule has 0 spiro atoms. The topological polar surface area (TPSA) is 67.2 Å². The van der Waals surface area contributed by atoms with Gasteiger partial charge in [-0.2, -0.15) is 0 Å². The van der Waals surface area contributed by atoms with Crippen molar-refractivity contribution in [2.75, 3.05) is 6.54 Å². The van der Waals surface area contributed by atoms with Gasteiger partial charge in [0.25, 0.3) is 5.91 Å². The van der Waals surface area contributed by atoms with Gasteiger partial charge in [-0.05, 0) is 37.5 Å². The minimum Gasteiger partial charge on any atom is -0.391 e. The van der Waals surface area contributed by atoms with E-state index in [1.807, 2.05) is 58.9 Å². The molecule has 0 bridgehead atoms. The number of carbonyl (C=O) groups is 1. The molecular formula is C19H27N3O2. The first kappa shape index (κ1) is 18.2. The second-order valence-electron chi connectivity index (χ2n) is 7.28.